The van der Waals surface area contributed by atoms with Crippen molar-refractivity contribution >= 4 is 45.0 Å². The molecule has 0 aliphatic carbocycles. The molecule has 31 heavy (non-hydrogen) atoms. The smallest absolute Gasteiger partial charge is 0.165 e. The Morgan fingerprint density at radius 3 is 2.87 bits per heavy atom. The fourth-order valence-electron chi connectivity index (χ4n) is 4.34. The minimum absolute atomic E-state index is 0.217. The van der Waals surface area contributed by atoms with E-state index in [0.717, 1.165) is 58.7 Å². The van der Waals surface area contributed by atoms with Crippen LogP contribution < -0.4 is 5.73 Å². The highest BCUT2D eigenvalue weighted by atomic mass is 127. The average molecular weight is 528 g/mol. The van der Waals surface area contributed by atoms with Crippen LogP contribution in [0.5, 0.6) is 0 Å². The van der Waals surface area contributed by atoms with Gasteiger partial charge in [0.1, 0.15) is 21.9 Å². The van der Waals surface area contributed by atoms with E-state index in [9.17, 15) is 5.26 Å². The van der Waals surface area contributed by atoms with Gasteiger partial charge in [0.15, 0.2) is 5.65 Å². The first-order chi connectivity index (χ1) is 15.1. The Kier molecular flexibility index (Phi) is 5.25. The molecule has 2 N–H and O–H groups in total. The van der Waals surface area contributed by atoms with Gasteiger partial charge in [-0.3, -0.25) is 4.90 Å². The Labute approximate surface area is 192 Å². The number of aromatic nitrogens is 5. The van der Waals surface area contributed by atoms with E-state index >= 15 is 0 Å². The number of rotatable bonds is 4. The first-order valence-corrected chi connectivity index (χ1v) is 11.1. The monoisotopic (exact) mass is 528 g/mol. The number of pyridine rings is 1. The van der Waals surface area contributed by atoms with Crippen LogP contribution in [0.2, 0.25) is 0 Å². The van der Waals surface area contributed by atoms with Crippen LogP contribution in [0.15, 0.2) is 30.7 Å². The maximum Gasteiger partial charge on any atom is 0.165 e. The number of ether oxygens (including phenoxy) is 1. The lowest BCUT2D eigenvalue weighted by Gasteiger charge is -2.27. The molecule has 0 spiro atoms. The number of nitrogens with zero attached hydrogens (tertiary/aromatic N) is 7. The van der Waals surface area contributed by atoms with Gasteiger partial charge in [0.2, 0.25) is 0 Å². The highest BCUT2D eigenvalue weighted by Gasteiger charge is 2.28. The van der Waals surface area contributed by atoms with Gasteiger partial charge in [-0.2, -0.15) is 10.4 Å². The number of hydrogen-bond acceptors (Lipinski definition) is 7. The number of hydrogen-bond donors (Lipinski definition) is 1. The summed E-state index contributed by atoms with van der Waals surface area (Å²) < 4.78 is 10.2. The van der Waals surface area contributed by atoms with Gasteiger partial charge in [-0.15, -0.1) is 0 Å². The molecule has 0 amide bonds. The fraction of sp³-hybridized carbons (Fsp3) is 0.333. The Hall–Kier alpha value is -2.75. The normalized spacial score (nSPS) is 16.0. The van der Waals surface area contributed by atoms with Gasteiger partial charge in [-0.05, 0) is 41.6 Å². The zero-order valence-electron chi connectivity index (χ0n) is 17.0. The number of halogens is 1. The molecule has 4 aromatic heterocycles. The number of morpholine rings is 1. The van der Waals surface area contributed by atoms with Gasteiger partial charge in [-0.1, -0.05) is 6.07 Å². The first-order valence-electron chi connectivity index (χ1n) is 10.1. The molecule has 0 saturated carbocycles. The predicted octanol–water partition coefficient (Wildman–Crippen LogP) is 2.58. The minimum atomic E-state index is -0.217. The van der Waals surface area contributed by atoms with E-state index in [1.807, 2.05) is 29.1 Å². The van der Waals surface area contributed by atoms with Crippen LogP contribution in [-0.4, -0.2) is 55.4 Å². The molecular weight excluding hydrogens is 507 g/mol. The van der Waals surface area contributed by atoms with Crippen LogP contribution in [0.25, 0.3) is 16.6 Å². The van der Waals surface area contributed by atoms with Crippen LogP contribution in [0, 0.1) is 15.0 Å². The standard InChI is InChI=1S/C21H21IN8O/c1-13(30-21-18(19(22)27-30)20(24)25-12-26-21)17-14(10-23)15-4-2-3-5-29(15)16(17)11-28-6-8-31-9-7-28/h2-5,12-13H,6-9,11H2,1H3,(H2,24,25,26). The third-order valence-electron chi connectivity index (χ3n) is 5.84. The Balaban J connectivity index is 1.71. The van der Waals surface area contributed by atoms with Crippen molar-refractivity contribution < 1.29 is 4.74 Å². The number of nitrogen functional groups attached to an aromatic ring is 1. The molecule has 0 radical (unpaired) electrons. The second-order valence-corrected chi connectivity index (χ2v) is 8.58. The van der Waals surface area contributed by atoms with E-state index in [4.69, 9.17) is 15.6 Å². The van der Waals surface area contributed by atoms with Crippen molar-refractivity contribution in [1.29, 1.82) is 5.26 Å². The fourth-order valence-corrected chi connectivity index (χ4v) is 5.09. The molecule has 9 nitrogen and oxygen atoms in total. The first kappa shape index (κ1) is 20.2. The molecule has 1 aliphatic heterocycles. The van der Waals surface area contributed by atoms with E-state index in [-0.39, 0.29) is 6.04 Å². The highest BCUT2D eigenvalue weighted by molar-refractivity contribution is 14.1. The minimum Gasteiger partial charge on any atom is -0.383 e. The van der Waals surface area contributed by atoms with Gasteiger partial charge < -0.3 is 14.9 Å². The molecule has 5 heterocycles. The highest BCUT2D eigenvalue weighted by Crippen LogP contribution is 2.34. The zero-order valence-corrected chi connectivity index (χ0v) is 19.2. The molecule has 1 unspecified atom stereocenters. The van der Waals surface area contributed by atoms with Crippen molar-refractivity contribution in [2.45, 2.75) is 19.5 Å². The third-order valence-corrected chi connectivity index (χ3v) is 6.59. The largest absolute Gasteiger partial charge is 0.383 e. The van der Waals surface area contributed by atoms with E-state index in [0.29, 0.717) is 17.0 Å². The Morgan fingerprint density at radius 2 is 2.10 bits per heavy atom. The molecule has 1 saturated heterocycles. The second-order valence-electron chi connectivity index (χ2n) is 7.56. The summed E-state index contributed by atoms with van der Waals surface area (Å²) in [6.45, 7) is 5.95. The quantitative estimate of drug-likeness (QED) is 0.406. The molecule has 4 aromatic rings. The van der Waals surface area contributed by atoms with Gasteiger partial charge in [-0.25, -0.2) is 14.6 Å². The number of anilines is 1. The van der Waals surface area contributed by atoms with Gasteiger partial charge in [0, 0.05) is 37.1 Å². The molecule has 158 valence electrons. The molecule has 5 rings (SSSR count). The molecule has 1 aliphatic rings. The van der Waals surface area contributed by atoms with E-state index in [1.165, 1.54) is 6.33 Å². The molecule has 1 atom stereocenters. The van der Waals surface area contributed by atoms with Gasteiger partial charge in [0.25, 0.3) is 0 Å². The lowest BCUT2D eigenvalue weighted by atomic mass is 10.0. The summed E-state index contributed by atoms with van der Waals surface area (Å²) in [5, 5.41) is 15.6. The lowest BCUT2D eigenvalue weighted by Crippen LogP contribution is -2.36. The van der Waals surface area contributed by atoms with Crippen LogP contribution in [0.3, 0.4) is 0 Å². The van der Waals surface area contributed by atoms with Crippen LogP contribution in [0.1, 0.15) is 29.8 Å². The van der Waals surface area contributed by atoms with Crippen molar-refractivity contribution in [3.63, 3.8) is 0 Å². The molecule has 0 aromatic carbocycles. The molecule has 1 fully saturated rings. The lowest BCUT2D eigenvalue weighted by molar-refractivity contribution is 0.0334. The van der Waals surface area contributed by atoms with Crippen LogP contribution in [0.4, 0.5) is 5.82 Å². The Bertz CT molecular complexity index is 1310. The summed E-state index contributed by atoms with van der Waals surface area (Å²) in [5.74, 6) is 0.406. The maximum atomic E-state index is 10.1. The predicted molar refractivity (Wildman–Crippen MR) is 124 cm³/mol. The number of fused-ring (bicyclic) bond motifs is 2. The van der Waals surface area contributed by atoms with Gasteiger partial charge >= 0.3 is 0 Å². The number of nitriles is 1. The summed E-state index contributed by atoms with van der Waals surface area (Å²) in [6, 6.07) is 8.17. The Morgan fingerprint density at radius 1 is 1.29 bits per heavy atom. The summed E-state index contributed by atoms with van der Waals surface area (Å²) >= 11 is 2.16. The van der Waals surface area contributed by atoms with Crippen molar-refractivity contribution in [3.05, 3.63) is 51.2 Å². The molecule has 10 heteroatoms. The SMILES string of the molecule is CC(c1c(C#N)c2ccccn2c1CN1CCOCC1)n1nc(I)c2c(N)ncnc21. The summed E-state index contributed by atoms with van der Waals surface area (Å²) in [4.78, 5) is 10.9. The second kappa shape index (κ2) is 8.07. The van der Waals surface area contributed by atoms with Crippen molar-refractivity contribution in [2.24, 2.45) is 0 Å². The molecule has 0 bridgehead atoms. The van der Waals surface area contributed by atoms with Crippen LogP contribution >= 0.6 is 22.6 Å². The molecular formula is C21H21IN8O. The topological polar surface area (TPSA) is 110 Å². The summed E-state index contributed by atoms with van der Waals surface area (Å²) in [7, 11) is 0. The van der Waals surface area contributed by atoms with E-state index < -0.39 is 0 Å². The van der Waals surface area contributed by atoms with E-state index in [2.05, 4.69) is 54.9 Å². The van der Waals surface area contributed by atoms with Crippen LogP contribution in [-0.2, 0) is 11.3 Å². The van der Waals surface area contributed by atoms with Crippen molar-refractivity contribution in [1.82, 2.24) is 29.0 Å². The summed E-state index contributed by atoms with van der Waals surface area (Å²) in [6.07, 6.45) is 3.47. The zero-order chi connectivity index (χ0) is 21.5. The average Bonchev–Trinajstić information content (AvgIpc) is 3.30. The third kappa shape index (κ3) is 3.33. The maximum absolute atomic E-state index is 10.1. The van der Waals surface area contributed by atoms with Gasteiger partial charge in [0.05, 0.1) is 35.7 Å². The van der Waals surface area contributed by atoms with Crippen molar-refractivity contribution in [3.8, 4) is 6.07 Å². The summed E-state index contributed by atoms with van der Waals surface area (Å²) in [5.41, 5.74) is 10.4. The van der Waals surface area contributed by atoms with Crippen molar-refractivity contribution in [2.75, 3.05) is 32.0 Å². The van der Waals surface area contributed by atoms with E-state index in [1.54, 1.807) is 0 Å². The number of nitrogens with two attached hydrogens (primary N) is 1.